The van der Waals surface area contributed by atoms with Crippen LogP contribution in [0.2, 0.25) is 0 Å². The Labute approximate surface area is 148 Å². The lowest BCUT2D eigenvalue weighted by Gasteiger charge is -2.21. The zero-order valence-corrected chi connectivity index (χ0v) is 16.0. The van der Waals surface area contributed by atoms with Crippen molar-refractivity contribution in [2.75, 3.05) is 33.4 Å². The predicted octanol–water partition coefficient (Wildman–Crippen LogP) is 2.17. The van der Waals surface area contributed by atoms with Crippen LogP contribution in [-0.4, -0.2) is 44.4 Å². The highest BCUT2D eigenvalue weighted by atomic mass is 127. The molecule has 0 saturated carbocycles. The van der Waals surface area contributed by atoms with Gasteiger partial charge in [0.05, 0.1) is 6.54 Å². The Morgan fingerprint density at radius 2 is 2.24 bits per heavy atom. The van der Waals surface area contributed by atoms with Crippen LogP contribution in [0.3, 0.4) is 0 Å². The third kappa shape index (κ3) is 7.98. The summed E-state index contributed by atoms with van der Waals surface area (Å²) in [6, 6.07) is 1.93. The highest BCUT2D eigenvalue weighted by Gasteiger charge is 2.23. The van der Waals surface area contributed by atoms with Gasteiger partial charge in [0.1, 0.15) is 5.60 Å². The van der Waals surface area contributed by atoms with Gasteiger partial charge >= 0.3 is 0 Å². The smallest absolute Gasteiger partial charge is 0.191 e. The van der Waals surface area contributed by atoms with E-state index in [2.05, 4.69) is 15.6 Å². The molecule has 0 aliphatic carbocycles. The molecular weight excluding hydrogens is 401 g/mol. The van der Waals surface area contributed by atoms with Crippen molar-refractivity contribution in [2.45, 2.75) is 25.9 Å². The minimum Gasteiger partial charge on any atom is -0.385 e. The molecular formula is C14H26IN3O2S. The van der Waals surface area contributed by atoms with Gasteiger partial charge in [-0.15, -0.1) is 24.0 Å². The molecule has 0 aromatic carbocycles. The molecule has 1 aromatic heterocycles. The van der Waals surface area contributed by atoms with Crippen LogP contribution in [0.5, 0.6) is 0 Å². The molecule has 5 nitrogen and oxygen atoms in total. The van der Waals surface area contributed by atoms with E-state index in [1.807, 2.05) is 23.8 Å². The van der Waals surface area contributed by atoms with Crippen molar-refractivity contribution in [3.05, 3.63) is 22.4 Å². The molecule has 1 unspecified atom stereocenters. The quantitative estimate of drug-likeness (QED) is 0.258. The van der Waals surface area contributed by atoms with Crippen LogP contribution < -0.4 is 10.6 Å². The van der Waals surface area contributed by atoms with Crippen LogP contribution in [0.25, 0.3) is 0 Å². The van der Waals surface area contributed by atoms with Crippen LogP contribution in [-0.2, 0) is 10.3 Å². The Morgan fingerprint density at radius 3 is 2.81 bits per heavy atom. The number of rotatable bonds is 8. The summed E-state index contributed by atoms with van der Waals surface area (Å²) in [5.74, 6) is 0.721. The summed E-state index contributed by atoms with van der Waals surface area (Å²) in [7, 11) is 1.69. The van der Waals surface area contributed by atoms with Crippen LogP contribution >= 0.6 is 35.3 Å². The fraction of sp³-hybridized carbons (Fsp3) is 0.643. The third-order valence-corrected chi connectivity index (χ3v) is 3.53. The number of ether oxygens (including phenoxy) is 1. The van der Waals surface area contributed by atoms with Crippen molar-refractivity contribution in [1.29, 1.82) is 0 Å². The first-order valence-corrected chi connectivity index (χ1v) is 7.80. The molecule has 21 heavy (non-hydrogen) atoms. The SMILES string of the molecule is CCNC(=NCC(C)(O)c1ccsc1)NCCCOC.I. The van der Waals surface area contributed by atoms with Crippen molar-refractivity contribution in [3.63, 3.8) is 0 Å². The van der Waals surface area contributed by atoms with Gasteiger partial charge in [-0.25, -0.2) is 4.99 Å². The maximum Gasteiger partial charge on any atom is 0.191 e. The second-order valence-electron chi connectivity index (χ2n) is 4.75. The van der Waals surface area contributed by atoms with E-state index in [4.69, 9.17) is 4.74 Å². The second kappa shape index (κ2) is 11.2. The number of methoxy groups -OCH3 is 1. The Morgan fingerprint density at radius 1 is 1.48 bits per heavy atom. The molecule has 1 rings (SSSR count). The van der Waals surface area contributed by atoms with E-state index in [0.717, 1.165) is 37.6 Å². The average molecular weight is 427 g/mol. The van der Waals surface area contributed by atoms with E-state index in [1.54, 1.807) is 25.4 Å². The van der Waals surface area contributed by atoms with Crippen molar-refractivity contribution in [3.8, 4) is 0 Å². The van der Waals surface area contributed by atoms with E-state index in [9.17, 15) is 5.11 Å². The van der Waals surface area contributed by atoms with Gasteiger partial charge in [-0.3, -0.25) is 0 Å². The number of aliphatic imine (C=N–C) groups is 1. The highest BCUT2D eigenvalue weighted by Crippen LogP contribution is 2.23. The summed E-state index contributed by atoms with van der Waals surface area (Å²) in [6.07, 6.45) is 0.918. The molecule has 0 spiro atoms. The Balaban J connectivity index is 0.00000400. The molecule has 1 aromatic rings. The molecule has 0 fully saturated rings. The molecule has 0 bridgehead atoms. The summed E-state index contributed by atoms with van der Waals surface area (Å²) in [4.78, 5) is 4.45. The van der Waals surface area contributed by atoms with Crippen LogP contribution in [0, 0.1) is 0 Å². The largest absolute Gasteiger partial charge is 0.385 e. The monoisotopic (exact) mass is 427 g/mol. The van der Waals surface area contributed by atoms with Crippen LogP contribution in [0.1, 0.15) is 25.8 Å². The molecule has 0 aliphatic heterocycles. The van der Waals surface area contributed by atoms with E-state index >= 15 is 0 Å². The summed E-state index contributed by atoms with van der Waals surface area (Å²) < 4.78 is 5.01. The number of halogens is 1. The number of hydrogen-bond donors (Lipinski definition) is 3. The molecule has 1 heterocycles. The molecule has 7 heteroatoms. The van der Waals surface area contributed by atoms with E-state index in [1.165, 1.54) is 0 Å². The van der Waals surface area contributed by atoms with E-state index in [0.29, 0.717) is 6.54 Å². The van der Waals surface area contributed by atoms with Crippen LogP contribution in [0.15, 0.2) is 21.8 Å². The number of thiophene rings is 1. The zero-order chi connectivity index (χ0) is 14.8. The van der Waals surface area contributed by atoms with E-state index < -0.39 is 5.60 Å². The Bertz CT molecular complexity index is 397. The van der Waals surface area contributed by atoms with Crippen molar-refractivity contribution >= 4 is 41.3 Å². The summed E-state index contributed by atoms with van der Waals surface area (Å²) in [5.41, 5.74) is -0.0315. The Hall–Kier alpha value is -0.380. The number of aliphatic hydroxyl groups is 1. The fourth-order valence-electron chi connectivity index (χ4n) is 1.66. The van der Waals surface area contributed by atoms with Gasteiger partial charge in [0.25, 0.3) is 0 Å². The maximum absolute atomic E-state index is 10.4. The minimum atomic E-state index is -0.936. The lowest BCUT2D eigenvalue weighted by Crippen LogP contribution is -2.39. The van der Waals surface area contributed by atoms with Crippen molar-refractivity contribution in [2.24, 2.45) is 4.99 Å². The number of nitrogens with zero attached hydrogens (tertiary/aromatic N) is 1. The molecule has 3 N–H and O–H groups in total. The predicted molar refractivity (Wildman–Crippen MR) is 99.8 cm³/mol. The summed E-state index contributed by atoms with van der Waals surface area (Å²) in [5, 5.41) is 20.7. The zero-order valence-electron chi connectivity index (χ0n) is 12.9. The van der Waals surface area contributed by atoms with Crippen molar-refractivity contribution < 1.29 is 9.84 Å². The van der Waals surface area contributed by atoms with Crippen molar-refractivity contribution in [1.82, 2.24) is 10.6 Å². The normalized spacial score (nSPS) is 14.2. The first kappa shape index (κ1) is 20.6. The Kier molecular flexibility index (Phi) is 11.0. The average Bonchev–Trinajstić information content (AvgIpc) is 2.95. The van der Waals surface area contributed by atoms with Gasteiger partial charge in [0.2, 0.25) is 0 Å². The van der Waals surface area contributed by atoms with Crippen LogP contribution in [0.4, 0.5) is 0 Å². The van der Waals surface area contributed by atoms with E-state index in [-0.39, 0.29) is 24.0 Å². The summed E-state index contributed by atoms with van der Waals surface area (Å²) >= 11 is 1.58. The maximum atomic E-state index is 10.4. The highest BCUT2D eigenvalue weighted by molar-refractivity contribution is 14.0. The molecule has 122 valence electrons. The lowest BCUT2D eigenvalue weighted by molar-refractivity contribution is 0.0677. The topological polar surface area (TPSA) is 65.9 Å². The molecule has 0 amide bonds. The molecule has 1 atom stereocenters. The van der Waals surface area contributed by atoms with Gasteiger partial charge in [-0.1, -0.05) is 0 Å². The minimum absolute atomic E-state index is 0. The first-order chi connectivity index (χ1) is 9.60. The molecule has 0 radical (unpaired) electrons. The molecule has 0 saturated heterocycles. The second-order valence-corrected chi connectivity index (χ2v) is 5.53. The lowest BCUT2D eigenvalue weighted by atomic mass is 10.00. The standard InChI is InChI=1S/C14H25N3O2S.HI/c1-4-15-13(16-7-5-8-19-3)17-11-14(2,18)12-6-9-20-10-12;/h6,9-10,18H,4-5,7-8,11H2,1-3H3,(H2,15,16,17);1H. The summed E-state index contributed by atoms with van der Waals surface area (Å²) in [6.45, 7) is 6.43. The first-order valence-electron chi connectivity index (χ1n) is 6.86. The number of guanidine groups is 1. The number of hydrogen-bond acceptors (Lipinski definition) is 4. The van der Waals surface area contributed by atoms with Gasteiger partial charge < -0.3 is 20.5 Å². The van der Waals surface area contributed by atoms with Gasteiger partial charge in [-0.2, -0.15) is 11.3 Å². The van der Waals surface area contributed by atoms with Gasteiger partial charge in [0.15, 0.2) is 5.96 Å². The number of nitrogens with one attached hydrogen (secondary N) is 2. The molecule has 0 aliphatic rings. The van der Waals surface area contributed by atoms with Gasteiger partial charge in [0, 0.05) is 26.8 Å². The fourth-order valence-corrected chi connectivity index (χ4v) is 2.44. The third-order valence-electron chi connectivity index (χ3n) is 2.85. The van der Waals surface area contributed by atoms with Gasteiger partial charge in [-0.05, 0) is 42.7 Å².